The number of benzene rings is 1. The first-order valence-electron chi connectivity index (χ1n) is 5.29. The van der Waals surface area contributed by atoms with Crippen LogP contribution >= 0.6 is 12.2 Å². The summed E-state index contributed by atoms with van der Waals surface area (Å²) in [5, 5.41) is 2.91. The molecule has 1 aromatic rings. The quantitative estimate of drug-likeness (QED) is 0.786. The van der Waals surface area contributed by atoms with Crippen LogP contribution in [0.1, 0.15) is 24.0 Å². The highest BCUT2D eigenvalue weighted by molar-refractivity contribution is 7.80. The Labute approximate surface area is 100 Å². The number of carbonyl (C=O) groups is 1. The van der Waals surface area contributed by atoms with Crippen molar-refractivity contribution in [3.63, 3.8) is 0 Å². The van der Waals surface area contributed by atoms with Crippen molar-refractivity contribution in [3.05, 3.63) is 29.3 Å². The summed E-state index contributed by atoms with van der Waals surface area (Å²) in [6.07, 6.45) is 2.00. The topological polar surface area (TPSA) is 55.1 Å². The van der Waals surface area contributed by atoms with E-state index in [-0.39, 0.29) is 11.8 Å². The summed E-state index contributed by atoms with van der Waals surface area (Å²) in [6, 6.07) is 5.61. The van der Waals surface area contributed by atoms with Gasteiger partial charge in [0.05, 0.1) is 0 Å². The van der Waals surface area contributed by atoms with E-state index in [1.807, 2.05) is 25.1 Å². The lowest BCUT2D eigenvalue weighted by Gasteiger charge is -2.09. The van der Waals surface area contributed by atoms with Crippen LogP contribution in [-0.2, 0) is 4.79 Å². The summed E-state index contributed by atoms with van der Waals surface area (Å²) in [5.41, 5.74) is 8.17. The molecule has 3 nitrogen and oxygen atoms in total. The first-order chi connectivity index (χ1) is 7.58. The lowest BCUT2D eigenvalue weighted by Crippen LogP contribution is -2.15. The Morgan fingerprint density at radius 1 is 1.50 bits per heavy atom. The molecule has 0 heterocycles. The van der Waals surface area contributed by atoms with Crippen molar-refractivity contribution in [2.75, 3.05) is 5.32 Å². The number of hydrogen-bond acceptors (Lipinski definition) is 2. The Morgan fingerprint density at radius 3 is 2.75 bits per heavy atom. The standard InChI is InChI=1S/C12H14N2OS/c1-7-2-3-9(11(13)16)6-10(7)14-12(15)8-4-5-8/h2-3,6,8H,4-5H2,1H3,(H2,13,16)(H,14,15). The van der Waals surface area contributed by atoms with Gasteiger partial charge in [-0.05, 0) is 31.4 Å². The first kappa shape index (κ1) is 11.1. The molecule has 1 aromatic carbocycles. The average molecular weight is 234 g/mol. The second kappa shape index (κ2) is 4.22. The third kappa shape index (κ3) is 2.39. The first-order valence-corrected chi connectivity index (χ1v) is 5.70. The second-order valence-electron chi connectivity index (χ2n) is 4.16. The summed E-state index contributed by atoms with van der Waals surface area (Å²) in [4.78, 5) is 12.0. The molecule has 84 valence electrons. The van der Waals surface area contributed by atoms with Crippen molar-refractivity contribution < 1.29 is 4.79 Å². The summed E-state index contributed by atoms with van der Waals surface area (Å²) in [6.45, 7) is 1.95. The predicted octanol–water partition coefficient (Wildman–Crippen LogP) is 1.98. The lowest BCUT2D eigenvalue weighted by atomic mass is 10.1. The van der Waals surface area contributed by atoms with Gasteiger partial charge >= 0.3 is 0 Å². The third-order valence-corrected chi connectivity index (χ3v) is 2.96. The van der Waals surface area contributed by atoms with Crippen LogP contribution in [0, 0.1) is 12.8 Å². The summed E-state index contributed by atoms with van der Waals surface area (Å²) < 4.78 is 0. The van der Waals surface area contributed by atoms with E-state index in [9.17, 15) is 4.79 Å². The van der Waals surface area contributed by atoms with Crippen molar-refractivity contribution >= 4 is 28.8 Å². The molecule has 2 rings (SSSR count). The molecule has 0 aromatic heterocycles. The second-order valence-corrected chi connectivity index (χ2v) is 4.60. The summed E-state index contributed by atoms with van der Waals surface area (Å²) in [7, 11) is 0. The third-order valence-electron chi connectivity index (χ3n) is 2.73. The normalized spacial score (nSPS) is 14.6. The molecule has 0 atom stereocenters. The van der Waals surface area contributed by atoms with Crippen molar-refractivity contribution in [3.8, 4) is 0 Å². The molecule has 4 heteroatoms. The van der Waals surface area contributed by atoms with Crippen LogP contribution in [0.3, 0.4) is 0 Å². The van der Waals surface area contributed by atoms with Crippen LogP contribution in [0.25, 0.3) is 0 Å². The molecular weight excluding hydrogens is 220 g/mol. The van der Waals surface area contributed by atoms with Crippen molar-refractivity contribution in [2.24, 2.45) is 11.7 Å². The number of anilines is 1. The van der Waals surface area contributed by atoms with Gasteiger partial charge in [-0.15, -0.1) is 0 Å². The van der Waals surface area contributed by atoms with Gasteiger partial charge < -0.3 is 11.1 Å². The van der Waals surface area contributed by atoms with Crippen molar-refractivity contribution in [2.45, 2.75) is 19.8 Å². The fourth-order valence-corrected chi connectivity index (χ4v) is 1.62. The fourth-order valence-electron chi connectivity index (χ4n) is 1.49. The highest BCUT2D eigenvalue weighted by Gasteiger charge is 2.29. The molecule has 1 saturated carbocycles. The van der Waals surface area contributed by atoms with Crippen LogP contribution in [0.15, 0.2) is 18.2 Å². The molecule has 1 aliphatic rings. The monoisotopic (exact) mass is 234 g/mol. The Kier molecular flexibility index (Phi) is 2.92. The Bertz CT molecular complexity index is 452. The van der Waals surface area contributed by atoms with E-state index in [0.717, 1.165) is 29.7 Å². The molecule has 0 spiro atoms. The Balaban J connectivity index is 2.20. The van der Waals surface area contributed by atoms with Gasteiger partial charge in [-0.2, -0.15) is 0 Å². The van der Waals surface area contributed by atoms with Crippen LogP contribution < -0.4 is 11.1 Å². The minimum Gasteiger partial charge on any atom is -0.389 e. The van der Waals surface area contributed by atoms with Gasteiger partial charge in [0.25, 0.3) is 0 Å². The number of amides is 1. The molecule has 0 radical (unpaired) electrons. The van der Waals surface area contributed by atoms with E-state index in [1.54, 1.807) is 0 Å². The molecule has 0 aliphatic heterocycles. The SMILES string of the molecule is Cc1ccc(C(N)=S)cc1NC(=O)C1CC1. The Hall–Kier alpha value is -1.42. The fraction of sp³-hybridized carbons (Fsp3) is 0.333. The molecule has 1 fully saturated rings. The van der Waals surface area contributed by atoms with Crippen LogP contribution in [0.2, 0.25) is 0 Å². The highest BCUT2D eigenvalue weighted by Crippen LogP contribution is 2.30. The van der Waals surface area contributed by atoms with Crippen LogP contribution in [0.5, 0.6) is 0 Å². The largest absolute Gasteiger partial charge is 0.389 e. The molecule has 3 N–H and O–H groups in total. The zero-order valence-electron chi connectivity index (χ0n) is 9.12. The predicted molar refractivity (Wildman–Crippen MR) is 68.4 cm³/mol. The zero-order valence-corrected chi connectivity index (χ0v) is 9.93. The molecule has 1 amide bonds. The number of nitrogens with one attached hydrogen (secondary N) is 1. The van der Waals surface area contributed by atoms with E-state index in [1.165, 1.54) is 0 Å². The van der Waals surface area contributed by atoms with Gasteiger partial charge in [-0.25, -0.2) is 0 Å². The van der Waals surface area contributed by atoms with E-state index in [2.05, 4.69) is 5.32 Å². The Morgan fingerprint density at radius 2 is 2.19 bits per heavy atom. The van der Waals surface area contributed by atoms with Gasteiger partial charge in [0.1, 0.15) is 4.99 Å². The lowest BCUT2D eigenvalue weighted by molar-refractivity contribution is -0.117. The smallest absolute Gasteiger partial charge is 0.227 e. The number of thiocarbonyl (C=S) groups is 1. The van der Waals surface area contributed by atoms with Gasteiger partial charge in [0, 0.05) is 17.2 Å². The minimum absolute atomic E-state index is 0.100. The van der Waals surface area contributed by atoms with Gasteiger partial charge in [-0.1, -0.05) is 24.4 Å². The molecule has 0 unspecified atom stereocenters. The van der Waals surface area contributed by atoms with E-state index >= 15 is 0 Å². The van der Waals surface area contributed by atoms with Gasteiger partial charge in [0.15, 0.2) is 0 Å². The highest BCUT2D eigenvalue weighted by atomic mass is 32.1. The van der Waals surface area contributed by atoms with Crippen LogP contribution in [0.4, 0.5) is 5.69 Å². The maximum atomic E-state index is 11.6. The van der Waals surface area contributed by atoms with Crippen molar-refractivity contribution in [1.29, 1.82) is 0 Å². The van der Waals surface area contributed by atoms with E-state index in [0.29, 0.717) is 4.99 Å². The summed E-state index contributed by atoms with van der Waals surface area (Å²) in [5.74, 6) is 0.302. The average Bonchev–Trinajstić information content (AvgIpc) is 3.04. The number of nitrogens with two attached hydrogens (primary N) is 1. The van der Waals surface area contributed by atoms with Gasteiger partial charge in [0.2, 0.25) is 5.91 Å². The maximum absolute atomic E-state index is 11.6. The molecular formula is C12H14N2OS. The maximum Gasteiger partial charge on any atom is 0.227 e. The molecule has 16 heavy (non-hydrogen) atoms. The van der Waals surface area contributed by atoms with E-state index < -0.39 is 0 Å². The van der Waals surface area contributed by atoms with Gasteiger partial charge in [-0.3, -0.25) is 4.79 Å². The number of carbonyl (C=O) groups excluding carboxylic acids is 1. The summed E-state index contributed by atoms with van der Waals surface area (Å²) >= 11 is 4.91. The molecule has 0 bridgehead atoms. The molecule has 1 aliphatic carbocycles. The number of rotatable bonds is 3. The number of aryl methyl sites for hydroxylation is 1. The van der Waals surface area contributed by atoms with Crippen LogP contribution in [-0.4, -0.2) is 10.9 Å². The van der Waals surface area contributed by atoms with Crippen molar-refractivity contribution in [1.82, 2.24) is 0 Å². The molecule has 0 saturated heterocycles. The minimum atomic E-state index is 0.100. The zero-order chi connectivity index (χ0) is 11.7. The van der Waals surface area contributed by atoms with E-state index in [4.69, 9.17) is 18.0 Å². The number of hydrogen-bond donors (Lipinski definition) is 2.